The van der Waals surface area contributed by atoms with Crippen LogP contribution in [0.25, 0.3) is 0 Å². The molecule has 0 radical (unpaired) electrons. The number of hydrogen-bond acceptors (Lipinski definition) is 4. The van der Waals surface area contributed by atoms with Gasteiger partial charge in [0.1, 0.15) is 5.78 Å². The minimum atomic E-state index is -2.86. The summed E-state index contributed by atoms with van der Waals surface area (Å²) in [6, 6.07) is 0.309. The summed E-state index contributed by atoms with van der Waals surface area (Å²) in [6.07, 6.45) is 0.967. The minimum Gasteiger partial charge on any atom is -0.308 e. The van der Waals surface area contributed by atoms with Crippen LogP contribution in [0.5, 0.6) is 0 Å². The van der Waals surface area contributed by atoms with Gasteiger partial charge in [0, 0.05) is 6.04 Å². The van der Waals surface area contributed by atoms with Crippen LogP contribution in [0.3, 0.4) is 0 Å². The van der Waals surface area contributed by atoms with Crippen molar-refractivity contribution in [1.82, 2.24) is 5.32 Å². The highest BCUT2D eigenvalue weighted by molar-refractivity contribution is 7.55. The zero-order valence-electron chi connectivity index (χ0n) is 8.45. The van der Waals surface area contributed by atoms with E-state index >= 15 is 0 Å². The van der Waals surface area contributed by atoms with Gasteiger partial charge in [0.15, 0.2) is 0 Å². The Morgan fingerprint density at radius 1 is 1.23 bits per heavy atom. The Bertz CT molecular complexity index is 200. The van der Waals surface area contributed by atoms with E-state index in [1.807, 2.05) is 13.8 Å². The lowest BCUT2D eigenvalue weighted by Crippen LogP contribution is -2.04. The highest BCUT2D eigenvalue weighted by atomic mass is 31.2. The first-order valence-electron chi connectivity index (χ1n) is 4.82. The first-order chi connectivity index (χ1) is 6.18. The molecule has 5 heteroatoms. The average molecular weight is 207 g/mol. The average Bonchev–Trinajstić information content (AvgIpc) is 2.84. The largest absolute Gasteiger partial charge is 0.349 e. The van der Waals surface area contributed by atoms with Crippen molar-refractivity contribution in [1.29, 1.82) is 0 Å². The lowest BCUT2D eigenvalue weighted by molar-refractivity contribution is 0.218. The van der Waals surface area contributed by atoms with Crippen LogP contribution in [0.4, 0.5) is 0 Å². The molecular formula is C8H18NO3P. The van der Waals surface area contributed by atoms with Gasteiger partial charge in [-0.15, -0.1) is 0 Å². The van der Waals surface area contributed by atoms with Crippen LogP contribution in [0, 0.1) is 0 Å². The predicted molar refractivity (Wildman–Crippen MR) is 51.9 cm³/mol. The second-order valence-electron chi connectivity index (χ2n) is 3.00. The molecule has 78 valence electrons. The standard InChI is InChI=1S/C8H18NO3P/c1-4-7-8(9-7)13(10,11-5-2)12-6-3/h7-9H,4-6H2,1-3H3/t7-,8-/m0/s1. The molecule has 0 aromatic heterocycles. The molecular weight excluding hydrogens is 189 g/mol. The Kier molecular flexibility index (Phi) is 3.92. The van der Waals surface area contributed by atoms with Crippen LogP contribution in [0.15, 0.2) is 0 Å². The van der Waals surface area contributed by atoms with Crippen LogP contribution in [-0.4, -0.2) is 25.0 Å². The van der Waals surface area contributed by atoms with Crippen molar-refractivity contribution in [2.45, 2.75) is 39.0 Å². The van der Waals surface area contributed by atoms with Crippen molar-refractivity contribution in [2.24, 2.45) is 0 Å². The van der Waals surface area contributed by atoms with Crippen molar-refractivity contribution in [2.75, 3.05) is 13.2 Å². The fourth-order valence-electron chi connectivity index (χ4n) is 1.37. The fourth-order valence-corrected chi connectivity index (χ4v) is 3.52. The van der Waals surface area contributed by atoms with Gasteiger partial charge in [-0.25, -0.2) is 0 Å². The third-order valence-corrected chi connectivity index (χ3v) is 4.48. The van der Waals surface area contributed by atoms with E-state index in [1.54, 1.807) is 0 Å². The summed E-state index contributed by atoms with van der Waals surface area (Å²) in [5.74, 6) is -0.0719. The smallest absolute Gasteiger partial charge is 0.308 e. The van der Waals surface area contributed by atoms with E-state index in [0.717, 1.165) is 6.42 Å². The van der Waals surface area contributed by atoms with E-state index in [9.17, 15) is 4.57 Å². The molecule has 0 aliphatic carbocycles. The second kappa shape index (κ2) is 4.56. The maximum Gasteiger partial charge on any atom is 0.349 e. The summed E-state index contributed by atoms with van der Waals surface area (Å²) in [7, 11) is -2.86. The first kappa shape index (κ1) is 11.2. The summed E-state index contributed by atoms with van der Waals surface area (Å²) in [5.41, 5.74) is 0. The number of hydrogen-bond donors (Lipinski definition) is 1. The summed E-state index contributed by atoms with van der Waals surface area (Å²) in [5, 5.41) is 3.12. The molecule has 0 saturated carbocycles. The monoisotopic (exact) mass is 207 g/mol. The molecule has 1 aliphatic rings. The lowest BCUT2D eigenvalue weighted by Gasteiger charge is -2.15. The molecule has 0 aromatic carbocycles. The highest BCUT2D eigenvalue weighted by Crippen LogP contribution is 2.58. The normalized spacial score (nSPS) is 27.6. The van der Waals surface area contributed by atoms with Crippen molar-refractivity contribution in [3.8, 4) is 0 Å². The Morgan fingerprint density at radius 3 is 2.08 bits per heavy atom. The second-order valence-corrected chi connectivity index (χ2v) is 5.15. The Balaban J connectivity index is 2.53. The van der Waals surface area contributed by atoms with E-state index in [0.29, 0.717) is 19.3 Å². The molecule has 0 aromatic rings. The van der Waals surface area contributed by atoms with Crippen molar-refractivity contribution >= 4 is 7.60 Å². The molecule has 1 heterocycles. The first-order valence-corrected chi connectivity index (χ1v) is 6.44. The fraction of sp³-hybridized carbons (Fsp3) is 1.00. The quantitative estimate of drug-likeness (QED) is 0.534. The topological polar surface area (TPSA) is 57.5 Å². The molecule has 4 nitrogen and oxygen atoms in total. The molecule has 0 spiro atoms. The van der Waals surface area contributed by atoms with Gasteiger partial charge in [0.25, 0.3) is 0 Å². The van der Waals surface area contributed by atoms with Crippen molar-refractivity contribution in [3.05, 3.63) is 0 Å². The summed E-state index contributed by atoms with van der Waals surface area (Å²) in [6.45, 7) is 6.59. The third-order valence-electron chi connectivity index (χ3n) is 2.06. The molecule has 0 unspecified atom stereocenters. The van der Waals surface area contributed by atoms with E-state index in [-0.39, 0.29) is 5.78 Å². The molecule has 1 aliphatic heterocycles. The van der Waals surface area contributed by atoms with Crippen LogP contribution in [-0.2, 0) is 13.6 Å². The SMILES string of the molecule is CCOP(=O)(OCC)[C@@H]1N[C@H]1CC. The van der Waals surface area contributed by atoms with E-state index < -0.39 is 7.60 Å². The van der Waals surface area contributed by atoms with E-state index in [2.05, 4.69) is 12.2 Å². The number of nitrogens with one attached hydrogen (secondary N) is 1. The zero-order chi connectivity index (χ0) is 9.90. The van der Waals surface area contributed by atoms with E-state index in [1.165, 1.54) is 0 Å². The van der Waals surface area contributed by atoms with Gasteiger partial charge < -0.3 is 9.05 Å². The van der Waals surface area contributed by atoms with E-state index in [4.69, 9.17) is 9.05 Å². The Hall–Kier alpha value is 0.110. The van der Waals surface area contributed by atoms with Gasteiger partial charge in [0.2, 0.25) is 0 Å². The van der Waals surface area contributed by atoms with Gasteiger partial charge in [-0.3, -0.25) is 9.88 Å². The van der Waals surface area contributed by atoms with Crippen LogP contribution < -0.4 is 5.32 Å². The highest BCUT2D eigenvalue weighted by Gasteiger charge is 2.51. The van der Waals surface area contributed by atoms with Crippen LogP contribution in [0.2, 0.25) is 0 Å². The zero-order valence-corrected chi connectivity index (χ0v) is 9.34. The lowest BCUT2D eigenvalue weighted by atomic mass is 10.4. The summed E-state index contributed by atoms with van der Waals surface area (Å²) >= 11 is 0. The molecule has 13 heavy (non-hydrogen) atoms. The molecule has 1 rings (SSSR count). The summed E-state index contributed by atoms with van der Waals surface area (Å²) < 4.78 is 22.4. The maximum atomic E-state index is 12.0. The molecule has 1 fully saturated rings. The summed E-state index contributed by atoms with van der Waals surface area (Å²) in [4.78, 5) is 0. The van der Waals surface area contributed by atoms with Gasteiger partial charge in [-0.2, -0.15) is 0 Å². The molecule has 1 N–H and O–H groups in total. The number of rotatable bonds is 6. The van der Waals surface area contributed by atoms with Gasteiger partial charge >= 0.3 is 7.60 Å². The third kappa shape index (κ3) is 2.53. The molecule has 1 saturated heterocycles. The minimum absolute atomic E-state index is 0.0719. The Morgan fingerprint density at radius 2 is 1.77 bits per heavy atom. The van der Waals surface area contributed by atoms with Crippen molar-refractivity contribution in [3.63, 3.8) is 0 Å². The van der Waals surface area contributed by atoms with Crippen LogP contribution >= 0.6 is 7.60 Å². The van der Waals surface area contributed by atoms with Gasteiger partial charge in [-0.1, -0.05) is 6.92 Å². The van der Waals surface area contributed by atoms with Crippen molar-refractivity contribution < 1.29 is 13.6 Å². The van der Waals surface area contributed by atoms with Gasteiger partial charge in [-0.05, 0) is 20.3 Å². The molecule has 0 bridgehead atoms. The molecule has 2 atom stereocenters. The van der Waals surface area contributed by atoms with Crippen LogP contribution in [0.1, 0.15) is 27.2 Å². The predicted octanol–water partition coefficient (Wildman–Crippen LogP) is 1.96. The van der Waals surface area contributed by atoms with Gasteiger partial charge in [0.05, 0.1) is 13.2 Å². The molecule has 0 amide bonds. The Labute approximate surface area is 79.5 Å². The maximum absolute atomic E-state index is 12.0.